The lowest BCUT2D eigenvalue weighted by molar-refractivity contribution is 0.0772. The largest absolute Gasteiger partial charge is 0.393 e. The fourth-order valence-corrected chi connectivity index (χ4v) is 4.11. The molecule has 0 saturated carbocycles. The molecule has 2 saturated heterocycles. The maximum absolute atomic E-state index is 11.4. The van der Waals surface area contributed by atoms with E-state index in [4.69, 9.17) is 0 Å². The Balaban J connectivity index is 2.25. The number of sulfonamides is 1. The van der Waals surface area contributed by atoms with Crippen LogP contribution in [-0.2, 0) is 10.0 Å². The second kappa shape index (κ2) is 2.93. The summed E-state index contributed by atoms with van der Waals surface area (Å²) in [5.41, 5.74) is 0. The minimum atomic E-state index is -3.06. The molecule has 2 heterocycles. The highest BCUT2D eigenvalue weighted by molar-refractivity contribution is 7.88. The summed E-state index contributed by atoms with van der Waals surface area (Å²) in [7, 11) is -3.06. The first-order valence-electron chi connectivity index (χ1n) is 4.65. The lowest BCUT2D eigenvalue weighted by Crippen LogP contribution is -2.47. The molecule has 0 aliphatic carbocycles. The van der Waals surface area contributed by atoms with Crippen molar-refractivity contribution in [3.63, 3.8) is 0 Å². The Morgan fingerprint density at radius 1 is 1.23 bits per heavy atom. The van der Waals surface area contributed by atoms with Crippen LogP contribution in [0.25, 0.3) is 0 Å². The third-order valence-electron chi connectivity index (χ3n) is 3.02. The van der Waals surface area contributed by atoms with Crippen molar-refractivity contribution in [2.75, 3.05) is 6.26 Å². The molecule has 2 bridgehead atoms. The molecule has 0 aromatic carbocycles. The van der Waals surface area contributed by atoms with Gasteiger partial charge in [0.05, 0.1) is 12.4 Å². The number of hydrogen-bond acceptors (Lipinski definition) is 3. The third-order valence-corrected chi connectivity index (χ3v) is 4.39. The molecular weight excluding hydrogens is 190 g/mol. The van der Waals surface area contributed by atoms with Crippen LogP contribution in [0.2, 0.25) is 0 Å². The monoisotopic (exact) mass is 205 g/mol. The van der Waals surface area contributed by atoms with E-state index in [9.17, 15) is 13.5 Å². The van der Waals surface area contributed by atoms with Crippen molar-refractivity contribution in [2.24, 2.45) is 0 Å². The standard InChI is InChI=1S/C8H15NO3S/c1-13(11,12)9-6-2-3-7(9)5-8(10)4-6/h6-8,10H,2-5H2,1H3/t6-,7+,8?. The number of hydrogen-bond donors (Lipinski definition) is 1. The Morgan fingerprint density at radius 2 is 1.69 bits per heavy atom. The molecule has 0 amide bonds. The molecule has 5 heteroatoms. The fraction of sp³-hybridized carbons (Fsp3) is 1.00. The maximum Gasteiger partial charge on any atom is 0.211 e. The highest BCUT2D eigenvalue weighted by Crippen LogP contribution is 2.37. The van der Waals surface area contributed by atoms with Crippen LogP contribution in [0.5, 0.6) is 0 Å². The summed E-state index contributed by atoms with van der Waals surface area (Å²) < 4.78 is 24.4. The van der Waals surface area contributed by atoms with E-state index >= 15 is 0 Å². The molecule has 0 radical (unpaired) electrons. The van der Waals surface area contributed by atoms with Gasteiger partial charge in [-0.15, -0.1) is 0 Å². The minimum Gasteiger partial charge on any atom is -0.393 e. The van der Waals surface area contributed by atoms with E-state index in [2.05, 4.69) is 0 Å². The highest BCUT2D eigenvalue weighted by Gasteiger charge is 2.44. The van der Waals surface area contributed by atoms with E-state index in [1.165, 1.54) is 6.26 Å². The summed E-state index contributed by atoms with van der Waals surface area (Å²) in [5, 5.41) is 9.45. The van der Waals surface area contributed by atoms with Gasteiger partial charge in [-0.3, -0.25) is 0 Å². The first-order valence-corrected chi connectivity index (χ1v) is 6.50. The van der Waals surface area contributed by atoms with Crippen LogP contribution in [0.15, 0.2) is 0 Å². The van der Waals surface area contributed by atoms with Crippen molar-refractivity contribution < 1.29 is 13.5 Å². The van der Waals surface area contributed by atoms with Crippen LogP contribution in [0, 0.1) is 0 Å². The lowest BCUT2D eigenvalue weighted by Gasteiger charge is -2.34. The normalized spacial score (nSPS) is 40.9. The van der Waals surface area contributed by atoms with Gasteiger partial charge in [0.25, 0.3) is 0 Å². The molecule has 2 fully saturated rings. The minimum absolute atomic E-state index is 0.0590. The number of rotatable bonds is 1. The summed E-state index contributed by atoms with van der Waals surface area (Å²) in [6.07, 6.45) is 4.02. The van der Waals surface area contributed by atoms with E-state index in [1.807, 2.05) is 0 Å². The smallest absolute Gasteiger partial charge is 0.211 e. The Hall–Kier alpha value is -0.130. The molecule has 1 unspecified atom stereocenters. The molecule has 0 aromatic rings. The second-order valence-corrected chi connectivity index (χ2v) is 5.99. The molecule has 0 aromatic heterocycles. The van der Waals surface area contributed by atoms with Crippen molar-refractivity contribution in [3.05, 3.63) is 0 Å². The summed E-state index contributed by atoms with van der Waals surface area (Å²) in [4.78, 5) is 0. The van der Waals surface area contributed by atoms with Gasteiger partial charge in [0.1, 0.15) is 0 Å². The van der Waals surface area contributed by atoms with Crippen molar-refractivity contribution in [1.29, 1.82) is 0 Å². The van der Waals surface area contributed by atoms with Crippen LogP contribution in [0.1, 0.15) is 25.7 Å². The van der Waals surface area contributed by atoms with Gasteiger partial charge in [-0.25, -0.2) is 8.42 Å². The topological polar surface area (TPSA) is 57.6 Å². The van der Waals surface area contributed by atoms with Crippen molar-refractivity contribution in [3.8, 4) is 0 Å². The molecule has 1 N–H and O–H groups in total. The number of aliphatic hydroxyl groups is 1. The van der Waals surface area contributed by atoms with E-state index in [0.717, 1.165) is 12.8 Å². The van der Waals surface area contributed by atoms with E-state index in [-0.39, 0.29) is 18.2 Å². The van der Waals surface area contributed by atoms with Gasteiger partial charge in [0, 0.05) is 12.1 Å². The van der Waals surface area contributed by atoms with E-state index < -0.39 is 10.0 Å². The predicted octanol–water partition coefficient (Wildman–Crippen LogP) is -0.0663. The van der Waals surface area contributed by atoms with Crippen molar-refractivity contribution >= 4 is 10.0 Å². The van der Waals surface area contributed by atoms with Gasteiger partial charge in [-0.1, -0.05) is 0 Å². The molecule has 0 spiro atoms. The maximum atomic E-state index is 11.4. The molecule has 13 heavy (non-hydrogen) atoms. The quantitative estimate of drug-likeness (QED) is 0.652. The van der Waals surface area contributed by atoms with E-state index in [0.29, 0.717) is 12.8 Å². The average molecular weight is 205 g/mol. The van der Waals surface area contributed by atoms with Crippen LogP contribution in [0.3, 0.4) is 0 Å². The van der Waals surface area contributed by atoms with Crippen LogP contribution in [0.4, 0.5) is 0 Å². The number of aliphatic hydroxyl groups excluding tert-OH is 1. The van der Waals surface area contributed by atoms with Gasteiger partial charge in [-0.2, -0.15) is 4.31 Å². The SMILES string of the molecule is CS(=O)(=O)N1[C@@H]2CC[C@H]1CC(O)C2. The lowest BCUT2D eigenvalue weighted by atomic mass is 10.0. The van der Waals surface area contributed by atoms with Crippen molar-refractivity contribution in [1.82, 2.24) is 4.31 Å². The Kier molecular flexibility index (Phi) is 2.13. The fourth-order valence-electron chi connectivity index (χ4n) is 2.65. The summed E-state index contributed by atoms with van der Waals surface area (Å²) in [6, 6.07) is 0.118. The summed E-state index contributed by atoms with van der Waals surface area (Å²) in [5.74, 6) is 0. The molecule has 3 atom stereocenters. The summed E-state index contributed by atoms with van der Waals surface area (Å²) >= 11 is 0. The zero-order valence-corrected chi connectivity index (χ0v) is 8.50. The molecule has 2 rings (SSSR count). The summed E-state index contributed by atoms with van der Waals surface area (Å²) in [6.45, 7) is 0. The van der Waals surface area contributed by atoms with Crippen LogP contribution < -0.4 is 0 Å². The number of nitrogens with zero attached hydrogens (tertiary/aromatic N) is 1. The zero-order chi connectivity index (χ0) is 9.64. The second-order valence-electron chi connectivity index (χ2n) is 4.10. The van der Waals surface area contributed by atoms with Crippen LogP contribution >= 0.6 is 0 Å². The van der Waals surface area contributed by atoms with E-state index in [1.54, 1.807) is 4.31 Å². The number of fused-ring (bicyclic) bond motifs is 2. The number of piperidine rings is 1. The van der Waals surface area contributed by atoms with Gasteiger partial charge in [-0.05, 0) is 25.7 Å². The Labute approximate surface area is 78.6 Å². The molecular formula is C8H15NO3S. The highest BCUT2D eigenvalue weighted by atomic mass is 32.2. The molecule has 2 aliphatic heterocycles. The van der Waals surface area contributed by atoms with Gasteiger partial charge >= 0.3 is 0 Å². The van der Waals surface area contributed by atoms with Crippen molar-refractivity contribution in [2.45, 2.75) is 43.9 Å². The first-order chi connectivity index (χ1) is 5.98. The first kappa shape index (κ1) is 9.43. The Bertz CT molecular complexity index is 287. The molecule has 76 valence electrons. The van der Waals surface area contributed by atoms with Gasteiger partial charge < -0.3 is 5.11 Å². The third kappa shape index (κ3) is 1.60. The van der Waals surface area contributed by atoms with Crippen LogP contribution in [-0.4, -0.2) is 42.3 Å². The Morgan fingerprint density at radius 3 is 2.08 bits per heavy atom. The molecule has 4 nitrogen and oxygen atoms in total. The molecule has 2 aliphatic rings. The zero-order valence-electron chi connectivity index (χ0n) is 7.68. The van der Waals surface area contributed by atoms with Gasteiger partial charge in [0.2, 0.25) is 10.0 Å². The van der Waals surface area contributed by atoms with Gasteiger partial charge in [0.15, 0.2) is 0 Å². The predicted molar refractivity (Wildman–Crippen MR) is 48.7 cm³/mol. The average Bonchev–Trinajstić information content (AvgIpc) is 2.23.